The Hall–Kier alpha value is -2.76. The number of carbonyl (C=O) groups excluding carboxylic acids is 4. The summed E-state index contributed by atoms with van der Waals surface area (Å²) in [6.45, 7) is 17.2. The van der Waals surface area contributed by atoms with Crippen LogP contribution < -0.4 is 0 Å². The number of methoxy groups -OCH3 is 2. The van der Waals surface area contributed by atoms with E-state index >= 15 is 0 Å². The molecule has 0 bridgehead atoms. The predicted octanol–water partition coefficient (Wildman–Crippen LogP) is 3.43. The first-order valence-corrected chi connectivity index (χ1v) is 25.0. The second-order valence-electron chi connectivity index (χ2n) is 20.6. The van der Waals surface area contributed by atoms with Crippen molar-refractivity contribution in [3.8, 4) is 0 Å². The van der Waals surface area contributed by atoms with Crippen molar-refractivity contribution in [2.75, 3.05) is 34.9 Å². The molecule has 0 spiro atoms. The van der Waals surface area contributed by atoms with Crippen molar-refractivity contribution < 1.29 is 87.0 Å². The van der Waals surface area contributed by atoms with Crippen molar-refractivity contribution in [3.05, 3.63) is 23.8 Å². The molecule has 0 aromatic carbocycles. The van der Waals surface area contributed by atoms with Gasteiger partial charge in [0.05, 0.1) is 61.1 Å². The van der Waals surface area contributed by atoms with Gasteiger partial charge >= 0.3 is 11.9 Å². The Morgan fingerprint density at radius 2 is 1.53 bits per heavy atom. The topological polar surface area (TPSA) is 245 Å². The lowest BCUT2D eigenvalue weighted by atomic mass is 9.79. The van der Waals surface area contributed by atoms with Gasteiger partial charge in [-0.25, -0.2) is 0 Å². The van der Waals surface area contributed by atoms with Crippen LogP contribution in [-0.2, 0) is 66.5 Å². The minimum Gasteiger partial charge on any atom is -0.462 e. The van der Waals surface area contributed by atoms with Gasteiger partial charge < -0.3 is 77.5 Å². The number of likely N-dealkylation sites (N-methyl/N-ethyl adjacent to an activating group) is 1. The summed E-state index contributed by atoms with van der Waals surface area (Å²) >= 11 is 0. The Bertz CT molecular complexity index is 1740. The zero-order valence-electron chi connectivity index (χ0n) is 43.8. The van der Waals surface area contributed by atoms with Gasteiger partial charge in [0.25, 0.3) is 0 Å². The molecule has 21 atom stereocenters. The molecule has 4 aliphatic heterocycles. The molecule has 3 fully saturated rings. The lowest BCUT2D eigenvalue weighted by molar-refractivity contribution is -0.344. The average molecular weight is 1000 g/mol. The molecule has 4 aliphatic rings. The van der Waals surface area contributed by atoms with Gasteiger partial charge in [0.15, 0.2) is 30.8 Å². The first-order valence-electron chi connectivity index (χ1n) is 25.0. The average Bonchev–Trinajstić information content (AvgIpc) is 3.29. The fraction of sp³-hybridized carbons (Fsp3) is 0.843. The van der Waals surface area contributed by atoms with Crippen molar-refractivity contribution in [2.45, 2.75) is 212 Å². The summed E-state index contributed by atoms with van der Waals surface area (Å²) in [6.07, 6.45) is -8.32. The van der Waals surface area contributed by atoms with Crippen LogP contribution in [0.25, 0.3) is 0 Å². The lowest BCUT2D eigenvalue weighted by Gasteiger charge is -2.51. The third-order valence-corrected chi connectivity index (χ3v) is 14.4. The van der Waals surface area contributed by atoms with Crippen LogP contribution in [0.5, 0.6) is 0 Å². The van der Waals surface area contributed by atoms with E-state index in [4.69, 9.17) is 47.4 Å². The minimum atomic E-state index is -1.53. The molecule has 3 saturated heterocycles. The van der Waals surface area contributed by atoms with Crippen LogP contribution in [0.15, 0.2) is 23.8 Å². The van der Waals surface area contributed by atoms with E-state index < -0.39 is 152 Å². The van der Waals surface area contributed by atoms with E-state index in [-0.39, 0.29) is 31.7 Å². The van der Waals surface area contributed by atoms with Gasteiger partial charge in [0, 0.05) is 44.8 Å². The molecule has 0 aromatic rings. The third-order valence-electron chi connectivity index (χ3n) is 14.4. The van der Waals surface area contributed by atoms with Gasteiger partial charge in [-0.15, -0.1) is 0 Å². The molecule has 0 radical (unpaired) electrons. The highest BCUT2D eigenvalue weighted by molar-refractivity contribution is 5.91. The number of hydrogen-bond acceptors (Lipinski definition) is 19. The number of rotatable bonds is 16. The maximum atomic E-state index is 14.0. The largest absolute Gasteiger partial charge is 0.462 e. The highest BCUT2D eigenvalue weighted by Gasteiger charge is 2.54. The summed E-state index contributed by atoms with van der Waals surface area (Å²) in [5.74, 6) is -4.88. The van der Waals surface area contributed by atoms with Crippen molar-refractivity contribution in [1.82, 2.24) is 4.90 Å². The van der Waals surface area contributed by atoms with Gasteiger partial charge in [0.2, 0.25) is 0 Å². The second-order valence-corrected chi connectivity index (χ2v) is 20.6. The maximum Gasteiger partial charge on any atom is 0.308 e. The summed E-state index contributed by atoms with van der Waals surface area (Å²) < 4.78 is 62.1. The lowest BCUT2D eigenvalue weighted by Crippen LogP contribution is -2.66. The molecule has 0 unspecified atom stereocenters. The molecule has 4 N–H and O–H groups in total. The number of aldehydes is 1. The van der Waals surface area contributed by atoms with Crippen LogP contribution in [0.3, 0.4) is 0 Å². The first kappa shape index (κ1) is 59.8. The number of carbonyl (C=O) groups is 4. The van der Waals surface area contributed by atoms with Gasteiger partial charge in [-0.05, 0) is 73.0 Å². The molecule has 0 aromatic heterocycles. The zero-order chi connectivity index (χ0) is 52.4. The Kier molecular flexibility index (Phi) is 23.0. The van der Waals surface area contributed by atoms with Crippen molar-refractivity contribution in [1.29, 1.82) is 0 Å². The number of allylic oxidation sites excluding steroid dienone is 3. The Morgan fingerprint density at radius 3 is 2.11 bits per heavy atom. The molecule has 19 nitrogen and oxygen atoms in total. The Morgan fingerprint density at radius 1 is 0.886 bits per heavy atom. The van der Waals surface area contributed by atoms with Crippen LogP contribution in [0, 0.1) is 29.6 Å². The summed E-state index contributed by atoms with van der Waals surface area (Å²) in [7, 11) is 6.48. The van der Waals surface area contributed by atoms with Gasteiger partial charge in [0.1, 0.15) is 42.9 Å². The molecular weight excluding hydrogens is 915 g/mol. The predicted molar refractivity (Wildman–Crippen MR) is 254 cm³/mol. The molecule has 19 heteroatoms. The van der Waals surface area contributed by atoms with Gasteiger partial charge in [-0.3, -0.25) is 14.4 Å². The molecular formula is C51H85NO18. The van der Waals surface area contributed by atoms with E-state index in [9.17, 15) is 39.6 Å². The smallest absolute Gasteiger partial charge is 0.308 e. The van der Waals surface area contributed by atoms with Crippen molar-refractivity contribution in [2.24, 2.45) is 29.6 Å². The standard InChI is InChI=1S/C51H85NO18/c1-15-36-33(25-63-49-46(62-14)45(61-13)41(57)30(8)64-49)21-27(5)17-18-34(54)28(6)22-32(19-20-53)42(29(7)35(55)23-38(56)66-36)70-50-44(69-48(59)26(3)4)40(52(11)12)43(31(9)65-50)68-39-24-51(10,60)47(58)37(16-2)67-39/h17-18,20-21,26,28-33,35-37,39-47,49-50,55,57-58,60H,15-16,19,22-25H2,1-14H3/b18-17+,27-21+/t28-,29+,30-,31-,32+,33-,35-,36-,37+,39+,40+,41-,42-,43-,44-,45-,46-,47+,49-,50+,51-/m1/s1. The highest BCUT2D eigenvalue weighted by Crippen LogP contribution is 2.39. The zero-order valence-corrected chi connectivity index (χ0v) is 43.8. The fourth-order valence-corrected chi connectivity index (χ4v) is 10.0. The maximum absolute atomic E-state index is 14.0. The quantitative estimate of drug-likeness (QED) is 0.128. The van der Waals surface area contributed by atoms with Crippen molar-refractivity contribution >= 4 is 24.0 Å². The van der Waals surface area contributed by atoms with E-state index in [0.29, 0.717) is 18.4 Å². The van der Waals surface area contributed by atoms with E-state index in [2.05, 4.69) is 0 Å². The number of hydrogen-bond donors (Lipinski definition) is 4. The molecule has 0 aliphatic carbocycles. The normalized spacial score (nSPS) is 43.0. The Labute approximate surface area is 414 Å². The Balaban J connectivity index is 1.71. The van der Waals surface area contributed by atoms with Gasteiger partial charge in [-0.1, -0.05) is 59.3 Å². The monoisotopic (exact) mass is 1000 g/mol. The van der Waals surface area contributed by atoms with Crippen LogP contribution in [0.2, 0.25) is 0 Å². The van der Waals surface area contributed by atoms with Crippen LogP contribution in [0.1, 0.15) is 108 Å². The number of ether oxygens (including phenoxy) is 10. The molecule has 4 rings (SSSR count). The molecule has 402 valence electrons. The highest BCUT2D eigenvalue weighted by atomic mass is 16.7. The number of nitrogens with zero attached hydrogens (tertiary/aromatic N) is 1. The van der Waals surface area contributed by atoms with Crippen molar-refractivity contribution in [3.63, 3.8) is 0 Å². The number of aliphatic hydroxyl groups excluding tert-OH is 3. The second kappa shape index (κ2) is 27.0. The number of cyclic esters (lactones) is 1. The van der Waals surface area contributed by atoms with Crippen LogP contribution in [0.4, 0.5) is 0 Å². The summed E-state index contributed by atoms with van der Waals surface area (Å²) in [6, 6.07) is -0.755. The SMILES string of the molecule is CC[C@@H]1O[C@@H](O[C@H]2[C@H](N(C)C)[C@@H](OC(=O)C(C)C)[C@H](O[C@H]3[C@@H](CC=O)C[C@@H](C)C(=O)/C=C/C(C)=C/[C@H](CO[C@@H]4O[C@H](C)[C@@H](O)[C@@H](OC)[C@H]4OC)[C@@H](CC)OC(=O)C[C@@H](O)[C@@H]3C)O[C@@H]2C)C[C@@](C)(O)[C@H]1O. The number of aliphatic hydroxyl groups is 4. The summed E-state index contributed by atoms with van der Waals surface area (Å²) in [5.41, 5.74) is -0.852. The molecule has 70 heavy (non-hydrogen) atoms. The van der Waals surface area contributed by atoms with Crippen LogP contribution >= 0.6 is 0 Å². The van der Waals surface area contributed by atoms with E-state index in [1.54, 1.807) is 68.6 Å². The molecule has 4 heterocycles. The van der Waals surface area contributed by atoms with Gasteiger partial charge in [-0.2, -0.15) is 0 Å². The van der Waals surface area contributed by atoms with E-state index in [1.807, 2.05) is 24.8 Å². The summed E-state index contributed by atoms with van der Waals surface area (Å²) in [4.78, 5) is 55.8. The fourth-order valence-electron chi connectivity index (χ4n) is 10.0. The van der Waals surface area contributed by atoms with E-state index in [0.717, 1.165) is 6.29 Å². The molecule has 0 saturated carbocycles. The first-order chi connectivity index (χ1) is 32.9. The minimum absolute atomic E-state index is 0.0214. The number of ketones is 1. The van der Waals surface area contributed by atoms with E-state index in [1.165, 1.54) is 27.2 Å². The molecule has 0 amide bonds. The van der Waals surface area contributed by atoms with Crippen LogP contribution in [-0.4, -0.2) is 188 Å². The summed E-state index contributed by atoms with van der Waals surface area (Å²) in [5, 5.41) is 44.7. The number of esters is 2. The third kappa shape index (κ3) is 15.2.